The van der Waals surface area contributed by atoms with Crippen molar-refractivity contribution < 1.29 is 14.3 Å². The molecule has 0 aromatic rings. The lowest BCUT2D eigenvalue weighted by Gasteiger charge is -2.47. The van der Waals surface area contributed by atoms with E-state index in [4.69, 9.17) is 4.74 Å². The highest BCUT2D eigenvalue weighted by Crippen LogP contribution is 2.43. The molecule has 1 saturated carbocycles. The minimum absolute atomic E-state index is 0.0126. The second-order valence-electron chi connectivity index (χ2n) is 8.77. The predicted molar refractivity (Wildman–Crippen MR) is 102 cm³/mol. The second-order valence-corrected chi connectivity index (χ2v) is 8.77. The van der Waals surface area contributed by atoms with E-state index < -0.39 is 0 Å². The molecule has 3 rings (SSSR count). The lowest BCUT2D eigenvalue weighted by molar-refractivity contribution is -0.142. The fourth-order valence-corrected chi connectivity index (χ4v) is 4.54. The molecule has 142 valence electrons. The first-order valence-corrected chi connectivity index (χ1v) is 9.86. The first-order chi connectivity index (χ1) is 12.2. The number of Topliss-reactive ketones (excluding diaryl/α,β-unsaturated/α-hetero) is 1. The topological polar surface area (TPSA) is 46.6 Å². The molecule has 4 heteroatoms. The molecule has 0 amide bonds. The van der Waals surface area contributed by atoms with Crippen molar-refractivity contribution in [3.63, 3.8) is 0 Å². The van der Waals surface area contributed by atoms with E-state index in [1.165, 1.54) is 0 Å². The van der Waals surface area contributed by atoms with Gasteiger partial charge in [0.2, 0.25) is 0 Å². The Morgan fingerprint density at radius 1 is 1.38 bits per heavy atom. The van der Waals surface area contributed by atoms with Gasteiger partial charge in [-0.25, -0.2) is 4.79 Å². The average molecular weight is 357 g/mol. The van der Waals surface area contributed by atoms with Crippen LogP contribution in [-0.2, 0) is 14.3 Å². The third-order valence-corrected chi connectivity index (χ3v) is 5.66. The van der Waals surface area contributed by atoms with Gasteiger partial charge in [0.15, 0.2) is 5.78 Å². The molecular formula is C22H31NO3. The Labute approximate surface area is 157 Å². The van der Waals surface area contributed by atoms with Gasteiger partial charge in [-0.3, -0.25) is 4.79 Å². The second kappa shape index (κ2) is 7.05. The van der Waals surface area contributed by atoms with Crippen LogP contribution >= 0.6 is 0 Å². The Morgan fingerprint density at radius 3 is 2.69 bits per heavy atom. The molecule has 2 atom stereocenters. The summed E-state index contributed by atoms with van der Waals surface area (Å²) in [5.41, 5.74) is 2.35. The summed E-state index contributed by atoms with van der Waals surface area (Å²) in [5, 5.41) is 0. The van der Waals surface area contributed by atoms with Crippen molar-refractivity contribution in [2.75, 3.05) is 6.54 Å². The summed E-state index contributed by atoms with van der Waals surface area (Å²) < 4.78 is 5.71. The van der Waals surface area contributed by atoms with Crippen molar-refractivity contribution in [2.45, 2.75) is 72.4 Å². The molecule has 3 aliphatic rings. The maximum atomic E-state index is 12.9. The molecule has 26 heavy (non-hydrogen) atoms. The third kappa shape index (κ3) is 3.51. The Bertz CT molecular complexity index is 696. The SMILES string of the molecule is CCN1C(C(C)C)=C(C(=O)OC2C=CCC2)C=C2C(=O)CC(C)(C)CC21. The van der Waals surface area contributed by atoms with Crippen molar-refractivity contribution >= 4 is 11.8 Å². The fourth-order valence-electron chi connectivity index (χ4n) is 4.54. The molecule has 0 aromatic carbocycles. The highest BCUT2D eigenvalue weighted by Gasteiger charge is 2.43. The number of fused-ring (bicyclic) bond motifs is 1. The van der Waals surface area contributed by atoms with Crippen LogP contribution in [0.1, 0.15) is 60.3 Å². The Hall–Kier alpha value is -1.84. The van der Waals surface area contributed by atoms with Crippen molar-refractivity contribution in [3.8, 4) is 0 Å². The largest absolute Gasteiger partial charge is 0.454 e. The van der Waals surface area contributed by atoms with Crippen LogP contribution in [0.3, 0.4) is 0 Å². The first-order valence-electron chi connectivity index (χ1n) is 9.86. The number of carbonyl (C=O) groups is 2. The summed E-state index contributed by atoms with van der Waals surface area (Å²) in [6.45, 7) is 11.4. The van der Waals surface area contributed by atoms with Crippen LogP contribution in [0, 0.1) is 11.3 Å². The zero-order chi connectivity index (χ0) is 19.1. The molecule has 2 aliphatic carbocycles. The molecule has 1 heterocycles. The minimum atomic E-state index is -0.299. The molecular weight excluding hydrogens is 326 g/mol. The lowest BCUT2D eigenvalue weighted by Crippen LogP contribution is -2.48. The van der Waals surface area contributed by atoms with Crippen molar-refractivity contribution in [2.24, 2.45) is 11.3 Å². The number of esters is 1. The number of allylic oxidation sites excluding steroid dienone is 2. The molecule has 1 fully saturated rings. The normalized spacial score (nSPS) is 27.7. The van der Waals surface area contributed by atoms with Gasteiger partial charge >= 0.3 is 5.97 Å². The van der Waals surface area contributed by atoms with Crippen LogP contribution < -0.4 is 0 Å². The van der Waals surface area contributed by atoms with Gasteiger partial charge in [0.1, 0.15) is 6.10 Å². The number of likely N-dealkylation sites (N-methyl/N-ethyl adjacent to an activating group) is 1. The smallest absolute Gasteiger partial charge is 0.340 e. The quantitative estimate of drug-likeness (QED) is 0.559. The van der Waals surface area contributed by atoms with Crippen LogP contribution in [0.5, 0.6) is 0 Å². The summed E-state index contributed by atoms with van der Waals surface area (Å²) >= 11 is 0. The highest BCUT2D eigenvalue weighted by molar-refractivity contribution is 6.02. The molecule has 0 saturated heterocycles. The van der Waals surface area contributed by atoms with Gasteiger partial charge in [0.05, 0.1) is 11.6 Å². The van der Waals surface area contributed by atoms with E-state index in [0.29, 0.717) is 12.0 Å². The number of ether oxygens (including phenoxy) is 1. The van der Waals surface area contributed by atoms with E-state index in [-0.39, 0.29) is 35.2 Å². The minimum Gasteiger partial charge on any atom is -0.454 e. The van der Waals surface area contributed by atoms with Crippen molar-refractivity contribution in [1.82, 2.24) is 4.90 Å². The Balaban J connectivity index is 2.01. The third-order valence-electron chi connectivity index (χ3n) is 5.66. The lowest BCUT2D eigenvalue weighted by atomic mass is 9.70. The maximum Gasteiger partial charge on any atom is 0.340 e. The zero-order valence-electron chi connectivity index (χ0n) is 16.7. The van der Waals surface area contributed by atoms with Gasteiger partial charge in [-0.15, -0.1) is 0 Å². The number of hydrogen-bond donors (Lipinski definition) is 0. The van der Waals surface area contributed by atoms with Gasteiger partial charge in [-0.1, -0.05) is 33.8 Å². The van der Waals surface area contributed by atoms with Gasteiger partial charge in [0, 0.05) is 24.2 Å². The molecule has 0 spiro atoms. The van der Waals surface area contributed by atoms with Gasteiger partial charge in [0.25, 0.3) is 0 Å². The van der Waals surface area contributed by atoms with Crippen molar-refractivity contribution in [1.29, 1.82) is 0 Å². The summed E-state index contributed by atoms with van der Waals surface area (Å²) in [6, 6.07) is 0.0663. The van der Waals surface area contributed by atoms with Gasteiger partial charge in [-0.05, 0) is 49.7 Å². The maximum absolute atomic E-state index is 12.9. The van der Waals surface area contributed by atoms with Crippen molar-refractivity contribution in [3.05, 3.63) is 35.1 Å². The first kappa shape index (κ1) is 18.9. The molecule has 0 radical (unpaired) electrons. The standard InChI is InChI=1S/C22H31NO3/c1-6-23-18-12-22(4,5)13-19(24)16(18)11-17(20(23)14(2)3)21(25)26-15-9-7-8-10-15/h7,9,11,14-15,18H,6,8,10,12-13H2,1-5H3. The van der Waals surface area contributed by atoms with Crippen LogP contribution in [0.2, 0.25) is 0 Å². The number of rotatable bonds is 4. The average Bonchev–Trinajstić information content (AvgIpc) is 3.05. The predicted octanol–water partition coefficient (Wildman–Crippen LogP) is 4.18. The summed E-state index contributed by atoms with van der Waals surface area (Å²) in [5.74, 6) is 0.0559. The van der Waals surface area contributed by atoms with Crippen LogP contribution in [0.15, 0.2) is 35.1 Å². The number of nitrogens with zero attached hydrogens (tertiary/aromatic N) is 1. The monoisotopic (exact) mass is 357 g/mol. The van der Waals surface area contributed by atoms with Crippen LogP contribution in [0.25, 0.3) is 0 Å². The highest BCUT2D eigenvalue weighted by atomic mass is 16.5. The van der Waals surface area contributed by atoms with E-state index in [1.807, 2.05) is 12.2 Å². The van der Waals surface area contributed by atoms with E-state index in [9.17, 15) is 9.59 Å². The summed E-state index contributed by atoms with van der Waals surface area (Å²) in [7, 11) is 0. The van der Waals surface area contributed by atoms with Gasteiger partial charge in [-0.2, -0.15) is 0 Å². The summed E-state index contributed by atoms with van der Waals surface area (Å²) in [6.07, 6.45) is 8.97. The van der Waals surface area contributed by atoms with Crippen LogP contribution in [-0.4, -0.2) is 35.3 Å². The van der Waals surface area contributed by atoms with E-state index >= 15 is 0 Å². The Morgan fingerprint density at radius 2 is 2.12 bits per heavy atom. The van der Waals surface area contributed by atoms with E-state index in [1.54, 1.807) is 0 Å². The molecule has 2 unspecified atom stereocenters. The molecule has 1 aliphatic heterocycles. The summed E-state index contributed by atoms with van der Waals surface area (Å²) in [4.78, 5) is 28.0. The molecule has 0 N–H and O–H groups in total. The zero-order valence-corrected chi connectivity index (χ0v) is 16.7. The molecule has 4 nitrogen and oxygen atoms in total. The number of ketones is 1. The number of carbonyl (C=O) groups excluding carboxylic acids is 2. The molecule has 0 bridgehead atoms. The number of hydrogen-bond acceptors (Lipinski definition) is 4. The fraction of sp³-hybridized carbons (Fsp3) is 0.636. The molecule has 0 aromatic heterocycles. The van der Waals surface area contributed by atoms with Crippen LogP contribution in [0.4, 0.5) is 0 Å². The van der Waals surface area contributed by atoms with E-state index in [0.717, 1.165) is 37.1 Å². The Kier molecular flexibility index (Phi) is 5.14. The van der Waals surface area contributed by atoms with Gasteiger partial charge < -0.3 is 9.64 Å². The van der Waals surface area contributed by atoms with E-state index in [2.05, 4.69) is 45.6 Å².